The van der Waals surface area contributed by atoms with Crippen molar-refractivity contribution in [1.29, 1.82) is 0 Å². The molecule has 2 aliphatic rings. The van der Waals surface area contributed by atoms with Crippen molar-refractivity contribution in [2.45, 2.75) is 6.42 Å². The Hall–Kier alpha value is -1.59. The maximum absolute atomic E-state index is 12.2. The summed E-state index contributed by atoms with van der Waals surface area (Å²) in [4.78, 5) is 14.4. The Morgan fingerprint density at radius 1 is 1.43 bits per heavy atom. The van der Waals surface area contributed by atoms with Gasteiger partial charge < -0.3 is 15.4 Å². The quantitative estimate of drug-likeness (QED) is 0.874. The summed E-state index contributed by atoms with van der Waals surface area (Å²) >= 11 is 0. The number of carbonyl (C=O) groups excluding carboxylic acids is 1. The van der Waals surface area contributed by atoms with Gasteiger partial charge in [-0.15, -0.1) is 0 Å². The van der Waals surface area contributed by atoms with Gasteiger partial charge in [0, 0.05) is 18.3 Å². The Kier molecular flexibility index (Phi) is 4.41. The number of ether oxygens (including phenoxy) is 1. The fourth-order valence-corrected chi connectivity index (χ4v) is 3.36. The summed E-state index contributed by atoms with van der Waals surface area (Å²) in [6.45, 7) is 4.77. The lowest BCUT2D eigenvalue weighted by Crippen LogP contribution is -2.43. The topological polar surface area (TPSA) is 53.6 Å². The summed E-state index contributed by atoms with van der Waals surface area (Å²) in [5.41, 5.74) is 0.789. The van der Waals surface area contributed by atoms with Gasteiger partial charge >= 0.3 is 0 Å². The van der Waals surface area contributed by atoms with Gasteiger partial charge in [-0.2, -0.15) is 0 Å². The van der Waals surface area contributed by atoms with E-state index in [0.29, 0.717) is 12.5 Å². The van der Waals surface area contributed by atoms with E-state index in [0.717, 1.165) is 43.5 Å². The fraction of sp³-hybridized carbons (Fsp3) is 0.562. The van der Waals surface area contributed by atoms with Gasteiger partial charge in [-0.25, -0.2) is 0 Å². The number of nitrogens with one attached hydrogen (secondary N) is 2. The van der Waals surface area contributed by atoms with Gasteiger partial charge in [0.2, 0.25) is 5.91 Å². The van der Waals surface area contributed by atoms with Crippen molar-refractivity contribution in [2.75, 3.05) is 45.2 Å². The fourth-order valence-electron chi connectivity index (χ4n) is 3.36. The molecular formula is C16H23N3O2. The first-order valence-electron chi connectivity index (χ1n) is 7.61. The van der Waals surface area contributed by atoms with Gasteiger partial charge in [0.1, 0.15) is 5.75 Å². The smallest absolute Gasteiger partial charge is 0.238 e. The molecule has 5 heteroatoms. The predicted molar refractivity (Wildman–Crippen MR) is 82.5 cm³/mol. The minimum atomic E-state index is 0.0488. The number of anilines is 1. The molecule has 2 atom stereocenters. The van der Waals surface area contributed by atoms with E-state index in [9.17, 15) is 4.79 Å². The van der Waals surface area contributed by atoms with Crippen molar-refractivity contribution < 1.29 is 9.53 Å². The van der Waals surface area contributed by atoms with E-state index in [4.69, 9.17) is 4.74 Å². The van der Waals surface area contributed by atoms with Crippen LogP contribution in [0.15, 0.2) is 24.3 Å². The molecule has 2 saturated heterocycles. The lowest BCUT2D eigenvalue weighted by molar-refractivity contribution is -0.117. The number of nitrogens with zero attached hydrogens (tertiary/aromatic N) is 1. The van der Waals surface area contributed by atoms with Crippen LogP contribution in [0.3, 0.4) is 0 Å². The third-order valence-electron chi connectivity index (χ3n) is 4.51. The molecule has 1 amide bonds. The van der Waals surface area contributed by atoms with Crippen LogP contribution < -0.4 is 15.4 Å². The van der Waals surface area contributed by atoms with Crippen LogP contribution in [0.1, 0.15) is 6.42 Å². The highest BCUT2D eigenvalue weighted by Gasteiger charge is 2.33. The zero-order chi connectivity index (χ0) is 14.7. The van der Waals surface area contributed by atoms with Crippen molar-refractivity contribution in [1.82, 2.24) is 10.2 Å². The van der Waals surface area contributed by atoms with Crippen molar-refractivity contribution in [3.63, 3.8) is 0 Å². The molecule has 114 valence electrons. The molecule has 2 heterocycles. The number of hydrogen-bond donors (Lipinski definition) is 2. The zero-order valence-corrected chi connectivity index (χ0v) is 12.5. The second-order valence-corrected chi connectivity index (χ2v) is 5.98. The van der Waals surface area contributed by atoms with Crippen molar-refractivity contribution >= 4 is 11.6 Å². The highest BCUT2D eigenvalue weighted by Crippen LogP contribution is 2.26. The minimum absolute atomic E-state index is 0.0488. The molecule has 2 unspecified atom stereocenters. The third-order valence-corrected chi connectivity index (χ3v) is 4.51. The highest BCUT2D eigenvalue weighted by molar-refractivity contribution is 5.92. The summed E-state index contributed by atoms with van der Waals surface area (Å²) in [5, 5.41) is 6.40. The first-order valence-corrected chi connectivity index (χ1v) is 7.61. The molecule has 2 aliphatic heterocycles. The molecule has 0 aliphatic carbocycles. The molecule has 5 nitrogen and oxygen atoms in total. The number of benzene rings is 1. The van der Waals surface area contributed by atoms with Crippen LogP contribution in [-0.2, 0) is 4.79 Å². The molecule has 2 N–H and O–H groups in total. The molecule has 1 aromatic rings. The number of fused-ring (bicyclic) bond motifs is 1. The summed E-state index contributed by atoms with van der Waals surface area (Å²) in [6.07, 6.45) is 1.20. The zero-order valence-electron chi connectivity index (χ0n) is 12.5. The van der Waals surface area contributed by atoms with Crippen LogP contribution in [0.2, 0.25) is 0 Å². The molecule has 0 radical (unpaired) electrons. The highest BCUT2D eigenvalue weighted by atomic mass is 16.5. The Bertz CT molecular complexity index is 506. The Labute approximate surface area is 125 Å². The molecule has 0 saturated carbocycles. The normalized spacial score (nSPS) is 25.4. The predicted octanol–water partition coefficient (Wildman–Crippen LogP) is 1.17. The van der Waals surface area contributed by atoms with Crippen molar-refractivity contribution in [3.05, 3.63) is 24.3 Å². The lowest BCUT2D eigenvalue weighted by atomic mass is 9.89. The minimum Gasteiger partial charge on any atom is -0.497 e. The largest absolute Gasteiger partial charge is 0.497 e. The van der Waals surface area contributed by atoms with E-state index in [1.54, 1.807) is 7.11 Å². The van der Waals surface area contributed by atoms with Gasteiger partial charge in [0.15, 0.2) is 0 Å². The van der Waals surface area contributed by atoms with Crippen LogP contribution >= 0.6 is 0 Å². The van der Waals surface area contributed by atoms with Crippen LogP contribution in [0.5, 0.6) is 5.75 Å². The summed E-state index contributed by atoms with van der Waals surface area (Å²) in [7, 11) is 1.63. The van der Waals surface area contributed by atoms with Gasteiger partial charge in [-0.3, -0.25) is 9.69 Å². The number of piperidine rings is 1. The van der Waals surface area contributed by atoms with Crippen LogP contribution in [-0.4, -0.2) is 50.6 Å². The van der Waals surface area contributed by atoms with E-state index in [1.807, 2.05) is 24.3 Å². The average molecular weight is 289 g/mol. The van der Waals surface area contributed by atoms with Gasteiger partial charge in [0.25, 0.3) is 0 Å². The Morgan fingerprint density at radius 2 is 2.29 bits per heavy atom. The molecule has 21 heavy (non-hydrogen) atoms. The summed E-state index contributed by atoms with van der Waals surface area (Å²) in [6, 6.07) is 7.47. The van der Waals surface area contributed by atoms with E-state index in [2.05, 4.69) is 15.5 Å². The monoisotopic (exact) mass is 289 g/mol. The lowest BCUT2D eigenvalue weighted by Gasteiger charge is -2.33. The van der Waals surface area contributed by atoms with Gasteiger partial charge in [-0.1, -0.05) is 6.07 Å². The standard InChI is InChI=1S/C16H23N3O2/c1-21-15-4-2-3-14(7-15)18-16(20)11-19-6-5-12-8-17-9-13(12)10-19/h2-4,7,12-13,17H,5-6,8-11H2,1H3,(H,18,20). The molecule has 3 rings (SSSR count). The second-order valence-electron chi connectivity index (χ2n) is 5.98. The maximum Gasteiger partial charge on any atom is 0.238 e. The van der Waals surface area contributed by atoms with Crippen molar-refractivity contribution in [3.8, 4) is 5.75 Å². The maximum atomic E-state index is 12.2. The van der Waals surface area contributed by atoms with E-state index >= 15 is 0 Å². The number of methoxy groups -OCH3 is 1. The van der Waals surface area contributed by atoms with E-state index in [-0.39, 0.29) is 5.91 Å². The number of likely N-dealkylation sites (tertiary alicyclic amines) is 1. The molecule has 0 bridgehead atoms. The number of carbonyl (C=O) groups is 1. The number of amides is 1. The van der Waals surface area contributed by atoms with Crippen LogP contribution in [0, 0.1) is 11.8 Å². The molecule has 0 spiro atoms. The first-order chi connectivity index (χ1) is 10.2. The second kappa shape index (κ2) is 6.45. The summed E-state index contributed by atoms with van der Waals surface area (Å²) in [5.74, 6) is 2.32. The summed E-state index contributed by atoms with van der Waals surface area (Å²) < 4.78 is 5.17. The van der Waals surface area contributed by atoms with E-state index < -0.39 is 0 Å². The van der Waals surface area contributed by atoms with Crippen LogP contribution in [0.4, 0.5) is 5.69 Å². The van der Waals surface area contributed by atoms with Gasteiger partial charge in [-0.05, 0) is 50.0 Å². The van der Waals surface area contributed by atoms with Gasteiger partial charge in [0.05, 0.1) is 13.7 Å². The van der Waals surface area contributed by atoms with Crippen LogP contribution in [0.25, 0.3) is 0 Å². The average Bonchev–Trinajstić information content (AvgIpc) is 2.95. The number of hydrogen-bond acceptors (Lipinski definition) is 4. The Morgan fingerprint density at radius 3 is 3.14 bits per heavy atom. The van der Waals surface area contributed by atoms with Crippen molar-refractivity contribution in [2.24, 2.45) is 11.8 Å². The molecular weight excluding hydrogens is 266 g/mol. The van der Waals surface area contributed by atoms with E-state index in [1.165, 1.54) is 6.42 Å². The third kappa shape index (κ3) is 3.54. The SMILES string of the molecule is COc1cccc(NC(=O)CN2CCC3CNCC3C2)c1. The molecule has 2 fully saturated rings. The Balaban J connectivity index is 1.51. The number of rotatable bonds is 4. The molecule has 0 aromatic heterocycles. The first kappa shape index (κ1) is 14.4. The molecule has 1 aromatic carbocycles.